The van der Waals surface area contributed by atoms with E-state index in [9.17, 15) is 0 Å². The summed E-state index contributed by atoms with van der Waals surface area (Å²) in [5.41, 5.74) is 7.15. The molecule has 0 aliphatic carbocycles. The Balaban J connectivity index is 1.55. The fourth-order valence-electron chi connectivity index (χ4n) is 3.36. The second-order valence-electron chi connectivity index (χ2n) is 6.98. The summed E-state index contributed by atoms with van der Waals surface area (Å²) >= 11 is 1.60. The molecule has 0 amide bonds. The predicted molar refractivity (Wildman–Crippen MR) is 120 cm³/mol. The Hall–Kier alpha value is -3.30. The molecule has 0 atom stereocenters. The summed E-state index contributed by atoms with van der Waals surface area (Å²) in [5.74, 6) is 1.39. The minimum Gasteiger partial charge on any atom is -0.378 e. The second kappa shape index (κ2) is 8.21. The van der Waals surface area contributed by atoms with Gasteiger partial charge < -0.3 is 9.64 Å². The average Bonchev–Trinajstić information content (AvgIpc) is 3.41. The summed E-state index contributed by atoms with van der Waals surface area (Å²) in [6.45, 7) is 2.89. The van der Waals surface area contributed by atoms with Gasteiger partial charge in [-0.15, -0.1) is 11.3 Å². The van der Waals surface area contributed by atoms with E-state index in [4.69, 9.17) is 14.7 Å². The van der Waals surface area contributed by atoms with Gasteiger partial charge in [-0.05, 0) is 5.56 Å². The van der Waals surface area contributed by atoms with E-state index in [1.165, 1.54) is 0 Å². The van der Waals surface area contributed by atoms with Crippen molar-refractivity contribution in [1.82, 2.24) is 19.7 Å². The lowest BCUT2D eigenvalue weighted by molar-refractivity contribution is 0.122. The molecule has 1 saturated heterocycles. The van der Waals surface area contributed by atoms with Crippen LogP contribution in [0.1, 0.15) is 5.56 Å². The number of hydrogen-bond donors (Lipinski definition) is 1. The first-order valence-corrected chi connectivity index (χ1v) is 10.6. The van der Waals surface area contributed by atoms with Crippen LogP contribution in [0.3, 0.4) is 0 Å². The van der Waals surface area contributed by atoms with Gasteiger partial charge in [-0.2, -0.15) is 15.2 Å². The Morgan fingerprint density at radius 1 is 1.17 bits per heavy atom. The van der Waals surface area contributed by atoms with Gasteiger partial charge in [0.1, 0.15) is 0 Å². The molecular formula is C21H21N7OS. The van der Waals surface area contributed by atoms with Crippen LogP contribution in [0, 0.1) is 0 Å². The number of anilines is 2. The van der Waals surface area contributed by atoms with E-state index in [2.05, 4.69) is 25.9 Å². The third kappa shape index (κ3) is 3.77. The van der Waals surface area contributed by atoms with Crippen LogP contribution < -0.4 is 10.3 Å². The standard InChI is InChI=1S/C21H21N7OS/c1-27-13-16(12-23-27)17-14-30-19-18(17)24-21(28-7-9-29-10-8-28)25-20(19)26-22-11-15-5-3-2-4-6-15/h2-6,11-14H,7-10H2,1H3,(H,24,25,26)/b22-11+. The van der Waals surface area contributed by atoms with Crippen LogP contribution in [0.5, 0.6) is 0 Å². The van der Waals surface area contributed by atoms with Crippen LogP contribution in [0.25, 0.3) is 21.3 Å². The summed E-state index contributed by atoms with van der Waals surface area (Å²) < 4.78 is 8.25. The predicted octanol–water partition coefficient (Wildman–Crippen LogP) is 3.37. The SMILES string of the molecule is Cn1cc(-c2csc3c(N/N=C/c4ccccc4)nc(N4CCOCC4)nc23)cn1. The number of rotatable bonds is 5. The Morgan fingerprint density at radius 3 is 2.77 bits per heavy atom. The van der Waals surface area contributed by atoms with Gasteiger partial charge >= 0.3 is 0 Å². The van der Waals surface area contributed by atoms with E-state index in [1.807, 2.05) is 49.8 Å². The molecule has 4 heterocycles. The smallest absolute Gasteiger partial charge is 0.228 e. The van der Waals surface area contributed by atoms with Crippen molar-refractivity contribution in [2.45, 2.75) is 0 Å². The van der Waals surface area contributed by atoms with Crippen LogP contribution in [0.4, 0.5) is 11.8 Å². The van der Waals surface area contributed by atoms with Gasteiger partial charge in [-0.3, -0.25) is 10.1 Å². The molecule has 0 spiro atoms. The number of hydrazone groups is 1. The number of nitrogens with one attached hydrogen (secondary N) is 1. The van der Waals surface area contributed by atoms with Crippen LogP contribution in [-0.2, 0) is 11.8 Å². The fraction of sp³-hybridized carbons (Fsp3) is 0.238. The first kappa shape index (κ1) is 18.7. The van der Waals surface area contributed by atoms with Crippen molar-refractivity contribution in [2.75, 3.05) is 36.6 Å². The average molecular weight is 420 g/mol. The molecule has 0 radical (unpaired) electrons. The largest absolute Gasteiger partial charge is 0.378 e. The zero-order chi connectivity index (χ0) is 20.3. The van der Waals surface area contributed by atoms with Crippen molar-refractivity contribution >= 4 is 39.5 Å². The summed E-state index contributed by atoms with van der Waals surface area (Å²) in [6.07, 6.45) is 5.65. The van der Waals surface area contributed by atoms with Gasteiger partial charge in [0.2, 0.25) is 5.95 Å². The molecule has 0 unspecified atom stereocenters. The molecule has 9 heteroatoms. The zero-order valence-corrected chi connectivity index (χ0v) is 17.3. The topological polar surface area (TPSA) is 80.5 Å². The maximum Gasteiger partial charge on any atom is 0.228 e. The lowest BCUT2D eigenvalue weighted by atomic mass is 10.2. The Labute approximate surface area is 177 Å². The van der Waals surface area contributed by atoms with Crippen molar-refractivity contribution in [3.63, 3.8) is 0 Å². The molecule has 152 valence electrons. The Bertz CT molecular complexity index is 1180. The van der Waals surface area contributed by atoms with Crippen molar-refractivity contribution in [3.8, 4) is 11.1 Å². The van der Waals surface area contributed by atoms with E-state index in [-0.39, 0.29) is 0 Å². The normalized spacial score (nSPS) is 14.6. The molecule has 30 heavy (non-hydrogen) atoms. The third-order valence-electron chi connectivity index (χ3n) is 4.90. The van der Waals surface area contributed by atoms with Crippen molar-refractivity contribution in [2.24, 2.45) is 12.1 Å². The first-order valence-electron chi connectivity index (χ1n) is 9.73. The molecule has 3 aromatic heterocycles. The highest BCUT2D eigenvalue weighted by atomic mass is 32.1. The van der Waals surface area contributed by atoms with E-state index in [1.54, 1.807) is 22.2 Å². The monoisotopic (exact) mass is 419 g/mol. The number of aromatic nitrogens is 4. The molecule has 1 fully saturated rings. The van der Waals surface area contributed by atoms with Crippen LogP contribution in [0.15, 0.2) is 53.2 Å². The van der Waals surface area contributed by atoms with Gasteiger partial charge in [0.05, 0.1) is 35.8 Å². The molecule has 0 bridgehead atoms. The Morgan fingerprint density at radius 2 is 2.00 bits per heavy atom. The molecule has 1 aliphatic heterocycles. The lowest BCUT2D eigenvalue weighted by Gasteiger charge is -2.27. The maximum atomic E-state index is 5.49. The number of ether oxygens (including phenoxy) is 1. The number of nitrogens with zero attached hydrogens (tertiary/aromatic N) is 6. The quantitative estimate of drug-likeness (QED) is 0.395. The molecular weight excluding hydrogens is 398 g/mol. The number of morpholine rings is 1. The maximum absolute atomic E-state index is 5.49. The summed E-state index contributed by atoms with van der Waals surface area (Å²) in [4.78, 5) is 11.9. The van der Waals surface area contributed by atoms with Crippen molar-refractivity contribution < 1.29 is 4.74 Å². The van der Waals surface area contributed by atoms with E-state index < -0.39 is 0 Å². The molecule has 1 aromatic carbocycles. The number of aryl methyl sites for hydroxylation is 1. The molecule has 4 aromatic rings. The fourth-order valence-corrected chi connectivity index (χ4v) is 4.31. The van der Waals surface area contributed by atoms with E-state index >= 15 is 0 Å². The van der Waals surface area contributed by atoms with Gasteiger partial charge in [0.15, 0.2) is 5.82 Å². The van der Waals surface area contributed by atoms with Gasteiger partial charge in [-0.25, -0.2) is 4.98 Å². The van der Waals surface area contributed by atoms with Crippen LogP contribution in [0.2, 0.25) is 0 Å². The van der Waals surface area contributed by atoms with Crippen molar-refractivity contribution in [1.29, 1.82) is 0 Å². The molecule has 1 aliphatic rings. The van der Waals surface area contributed by atoms with Gasteiger partial charge in [-0.1, -0.05) is 30.3 Å². The molecule has 0 saturated carbocycles. The minimum absolute atomic E-state index is 0.676. The minimum atomic E-state index is 0.676. The van der Waals surface area contributed by atoms with Gasteiger partial charge in [0, 0.05) is 42.8 Å². The van der Waals surface area contributed by atoms with Crippen LogP contribution in [-0.4, -0.2) is 52.3 Å². The summed E-state index contributed by atoms with van der Waals surface area (Å²) in [6, 6.07) is 9.97. The zero-order valence-electron chi connectivity index (χ0n) is 16.5. The second-order valence-corrected chi connectivity index (χ2v) is 7.86. The lowest BCUT2D eigenvalue weighted by Crippen LogP contribution is -2.37. The van der Waals surface area contributed by atoms with E-state index in [0.29, 0.717) is 25.0 Å². The number of fused-ring (bicyclic) bond motifs is 1. The number of hydrogen-bond acceptors (Lipinski definition) is 8. The highest BCUT2D eigenvalue weighted by molar-refractivity contribution is 7.18. The van der Waals surface area contributed by atoms with E-state index in [0.717, 1.165) is 40.0 Å². The summed E-state index contributed by atoms with van der Waals surface area (Å²) in [5, 5.41) is 10.8. The first-order chi connectivity index (χ1) is 14.8. The van der Waals surface area contributed by atoms with Crippen molar-refractivity contribution in [3.05, 3.63) is 53.7 Å². The molecule has 1 N–H and O–H groups in total. The number of thiophene rings is 1. The van der Waals surface area contributed by atoms with Gasteiger partial charge in [0.25, 0.3) is 0 Å². The molecule has 8 nitrogen and oxygen atoms in total. The highest BCUT2D eigenvalue weighted by Gasteiger charge is 2.20. The highest BCUT2D eigenvalue weighted by Crippen LogP contribution is 2.37. The summed E-state index contributed by atoms with van der Waals surface area (Å²) in [7, 11) is 1.91. The Kier molecular flexibility index (Phi) is 5.12. The number of benzene rings is 1. The molecule has 5 rings (SSSR count). The third-order valence-corrected chi connectivity index (χ3v) is 5.87. The van der Waals surface area contributed by atoms with Crippen LogP contribution >= 0.6 is 11.3 Å².